The summed E-state index contributed by atoms with van der Waals surface area (Å²) in [5, 5.41) is 12.3. The lowest BCUT2D eigenvalue weighted by molar-refractivity contribution is -0.176. The number of pyridine rings is 1. The number of aromatic hydroxyl groups is 1. The Morgan fingerprint density at radius 2 is 1.89 bits per heavy atom. The van der Waals surface area contributed by atoms with E-state index in [-0.39, 0.29) is 17.7 Å². The van der Waals surface area contributed by atoms with E-state index in [4.69, 9.17) is 14.2 Å². The Morgan fingerprint density at radius 3 is 2.54 bits per heavy atom. The summed E-state index contributed by atoms with van der Waals surface area (Å²) in [6.07, 6.45) is 0.443. The van der Waals surface area contributed by atoms with Crippen LogP contribution in [0.15, 0.2) is 48.8 Å². The second-order valence-electron chi connectivity index (χ2n) is 8.54. The van der Waals surface area contributed by atoms with Crippen molar-refractivity contribution in [1.82, 2.24) is 10.3 Å². The van der Waals surface area contributed by atoms with Crippen molar-refractivity contribution in [2.45, 2.75) is 45.4 Å². The smallest absolute Gasteiger partial charge is 0.332 e. The van der Waals surface area contributed by atoms with Gasteiger partial charge < -0.3 is 24.6 Å². The van der Waals surface area contributed by atoms with Crippen molar-refractivity contribution in [3.63, 3.8) is 0 Å². The number of carbonyl (C=O) groups is 4. The van der Waals surface area contributed by atoms with Gasteiger partial charge in [0, 0.05) is 6.20 Å². The number of amides is 1. The van der Waals surface area contributed by atoms with Crippen LogP contribution in [0, 0.1) is 11.8 Å². The summed E-state index contributed by atoms with van der Waals surface area (Å²) in [7, 11) is 0. The first-order valence-electron chi connectivity index (χ1n) is 11.2. The highest BCUT2D eigenvalue weighted by atomic mass is 16.6. The standard InChI is InChI=1S/C25H28N2O8/c1-14(2)23(30)35-21-15(3)34-25(32)19(27-22(29)17-9-10-26-12-20(17)28)13-33-24(31)18(21)11-16-7-5-4-6-8-16/h4-10,12,14-15,18-19,21,28H,11,13H2,1-3H3,(H,27,29)/t15-,18+,19-,21-/m0/s1. The molecule has 186 valence electrons. The van der Waals surface area contributed by atoms with Crippen LogP contribution in [-0.2, 0) is 35.0 Å². The predicted molar refractivity (Wildman–Crippen MR) is 122 cm³/mol. The van der Waals surface area contributed by atoms with Crippen LogP contribution >= 0.6 is 0 Å². The van der Waals surface area contributed by atoms with Gasteiger partial charge in [-0.25, -0.2) is 4.79 Å². The van der Waals surface area contributed by atoms with Gasteiger partial charge in [-0.2, -0.15) is 0 Å². The Balaban J connectivity index is 1.87. The fraction of sp³-hybridized carbons (Fsp3) is 0.400. The molecular formula is C25H28N2O8. The summed E-state index contributed by atoms with van der Waals surface area (Å²) in [4.78, 5) is 54.8. The molecule has 0 saturated carbocycles. The molecule has 2 heterocycles. The lowest BCUT2D eigenvalue weighted by Crippen LogP contribution is -2.46. The molecule has 0 bridgehead atoms. The quantitative estimate of drug-likeness (QED) is 0.464. The Kier molecular flexibility index (Phi) is 8.40. The maximum Gasteiger partial charge on any atom is 0.332 e. The summed E-state index contributed by atoms with van der Waals surface area (Å²) >= 11 is 0. The second-order valence-corrected chi connectivity index (χ2v) is 8.54. The molecule has 1 aliphatic rings. The molecule has 0 unspecified atom stereocenters. The van der Waals surface area contributed by atoms with Crippen molar-refractivity contribution in [2.24, 2.45) is 11.8 Å². The second kappa shape index (κ2) is 11.5. The molecular weight excluding hydrogens is 456 g/mol. The first kappa shape index (κ1) is 25.7. The number of nitrogens with one attached hydrogen (secondary N) is 1. The number of carbonyl (C=O) groups excluding carboxylic acids is 4. The summed E-state index contributed by atoms with van der Waals surface area (Å²) in [5.41, 5.74) is 0.688. The largest absolute Gasteiger partial charge is 0.505 e. The lowest BCUT2D eigenvalue weighted by Gasteiger charge is -2.29. The number of ether oxygens (including phenoxy) is 3. The number of hydrogen-bond acceptors (Lipinski definition) is 9. The van der Waals surface area contributed by atoms with Crippen LogP contribution in [0.2, 0.25) is 0 Å². The number of aromatic nitrogens is 1. The van der Waals surface area contributed by atoms with E-state index >= 15 is 0 Å². The third-order valence-corrected chi connectivity index (χ3v) is 5.51. The number of cyclic esters (lactones) is 2. The van der Waals surface area contributed by atoms with Crippen molar-refractivity contribution in [3.8, 4) is 5.75 Å². The van der Waals surface area contributed by atoms with E-state index in [2.05, 4.69) is 10.3 Å². The fourth-order valence-electron chi connectivity index (χ4n) is 3.56. The van der Waals surface area contributed by atoms with E-state index in [0.717, 1.165) is 11.8 Å². The molecule has 1 fully saturated rings. The zero-order chi connectivity index (χ0) is 25.5. The van der Waals surface area contributed by atoms with Gasteiger partial charge in [-0.1, -0.05) is 44.2 Å². The summed E-state index contributed by atoms with van der Waals surface area (Å²) < 4.78 is 16.5. The van der Waals surface area contributed by atoms with Crippen LogP contribution in [0.3, 0.4) is 0 Å². The highest BCUT2D eigenvalue weighted by Gasteiger charge is 2.42. The molecule has 1 aromatic heterocycles. The third-order valence-electron chi connectivity index (χ3n) is 5.51. The fourth-order valence-corrected chi connectivity index (χ4v) is 3.56. The zero-order valence-electron chi connectivity index (χ0n) is 19.7. The van der Waals surface area contributed by atoms with Gasteiger partial charge in [0.2, 0.25) is 0 Å². The number of esters is 3. The van der Waals surface area contributed by atoms with Crippen LogP contribution in [0.5, 0.6) is 5.75 Å². The first-order chi connectivity index (χ1) is 16.7. The molecule has 1 amide bonds. The molecule has 2 aromatic rings. The molecule has 0 radical (unpaired) electrons. The molecule has 1 aliphatic heterocycles. The van der Waals surface area contributed by atoms with E-state index in [1.54, 1.807) is 13.8 Å². The van der Waals surface area contributed by atoms with Gasteiger partial charge in [-0.15, -0.1) is 0 Å². The van der Waals surface area contributed by atoms with Crippen LogP contribution in [-0.4, -0.2) is 58.8 Å². The van der Waals surface area contributed by atoms with Crippen LogP contribution in [0.25, 0.3) is 0 Å². The SMILES string of the molecule is CC(C)C(=O)O[C@H]1[C@H](C)OC(=O)[C@@H](NC(=O)c2ccncc2O)COC(=O)[C@@H]1Cc1ccccc1. The van der Waals surface area contributed by atoms with Crippen LogP contribution < -0.4 is 5.32 Å². The first-order valence-corrected chi connectivity index (χ1v) is 11.2. The Morgan fingerprint density at radius 1 is 1.17 bits per heavy atom. The van der Waals surface area contributed by atoms with Gasteiger partial charge in [-0.05, 0) is 25.0 Å². The van der Waals surface area contributed by atoms with Crippen LogP contribution in [0.4, 0.5) is 0 Å². The Labute approximate surface area is 202 Å². The maximum atomic E-state index is 13.2. The minimum Gasteiger partial charge on any atom is -0.505 e. The van der Waals surface area contributed by atoms with Crippen LogP contribution in [0.1, 0.15) is 36.7 Å². The molecule has 1 aromatic carbocycles. The Bertz CT molecular complexity index is 1070. The summed E-state index contributed by atoms with van der Waals surface area (Å²) in [5.74, 6) is -4.72. The van der Waals surface area contributed by atoms with Gasteiger partial charge in [0.1, 0.15) is 24.4 Å². The summed E-state index contributed by atoms with van der Waals surface area (Å²) in [6, 6.07) is 9.03. The van der Waals surface area contributed by atoms with Gasteiger partial charge in [0.25, 0.3) is 5.91 Å². The predicted octanol–water partition coefficient (Wildman–Crippen LogP) is 1.80. The van der Waals surface area contributed by atoms with Gasteiger partial charge in [0.05, 0.1) is 17.7 Å². The molecule has 10 heteroatoms. The van der Waals surface area contributed by atoms with E-state index in [1.165, 1.54) is 19.2 Å². The molecule has 2 N–H and O–H groups in total. The molecule has 0 spiro atoms. The number of rotatable bonds is 6. The van der Waals surface area contributed by atoms with Gasteiger partial charge in [0.15, 0.2) is 12.1 Å². The minimum absolute atomic E-state index is 0.113. The topological polar surface area (TPSA) is 141 Å². The monoisotopic (exact) mass is 484 g/mol. The highest BCUT2D eigenvalue weighted by molar-refractivity contribution is 5.99. The highest BCUT2D eigenvalue weighted by Crippen LogP contribution is 2.25. The molecule has 1 saturated heterocycles. The average molecular weight is 485 g/mol. The van der Waals surface area contributed by atoms with Crippen molar-refractivity contribution < 1.29 is 38.5 Å². The molecule has 3 rings (SSSR count). The lowest BCUT2D eigenvalue weighted by atomic mass is 9.91. The molecule has 4 atom stereocenters. The molecule has 0 aliphatic carbocycles. The van der Waals surface area contributed by atoms with E-state index < -0.39 is 60.5 Å². The Hall–Kier alpha value is -3.95. The van der Waals surface area contributed by atoms with Crippen molar-refractivity contribution >= 4 is 23.8 Å². The molecule has 10 nitrogen and oxygen atoms in total. The normalized spacial score (nSPS) is 22.7. The van der Waals surface area contributed by atoms with Gasteiger partial charge in [-0.3, -0.25) is 19.4 Å². The van der Waals surface area contributed by atoms with E-state index in [9.17, 15) is 24.3 Å². The average Bonchev–Trinajstić information content (AvgIpc) is 2.86. The maximum absolute atomic E-state index is 13.2. The third kappa shape index (κ3) is 6.56. The molecule has 35 heavy (non-hydrogen) atoms. The van der Waals surface area contributed by atoms with Crippen molar-refractivity contribution in [2.75, 3.05) is 6.61 Å². The zero-order valence-corrected chi connectivity index (χ0v) is 19.7. The van der Waals surface area contributed by atoms with E-state index in [0.29, 0.717) is 0 Å². The number of hydrogen-bond donors (Lipinski definition) is 2. The van der Waals surface area contributed by atoms with Crippen molar-refractivity contribution in [3.05, 3.63) is 59.9 Å². The minimum atomic E-state index is -1.35. The van der Waals surface area contributed by atoms with Crippen molar-refractivity contribution in [1.29, 1.82) is 0 Å². The number of nitrogens with zero attached hydrogens (tertiary/aromatic N) is 1. The van der Waals surface area contributed by atoms with E-state index in [1.807, 2.05) is 30.3 Å². The van der Waals surface area contributed by atoms with Gasteiger partial charge >= 0.3 is 17.9 Å². The number of benzene rings is 1. The summed E-state index contributed by atoms with van der Waals surface area (Å²) in [6.45, 7) is 4.32.